The molecule has 0 fully saturated rings. The molecule has 104 valence electrons. The minimum Gasteiger partial charge on any atom is -0.367 e. The number of halogens is 3. The lowest BCUT2D eigenvalue weighted by Gasteiger charge is -2.06. The topological polar surface area (TPSA) is 81.0 Å². The van der Waals surface area contributed by atoms with Gasteiger partial charge in [-0.25, -0.2) is 23.1 Å². The molecule has 1 aromatic heterocycles. The molecule has 9 heteroatoms. The Balaban J connectivity index is 2.73. The Morgan fingerprint density at radius 3 is 2.30 bits per heavy atom. The van der Waals surface area contributed by atoms with Gasteiger partial charge in [-0.15, -0.1) is 0 Å². The van der Waals surface area contributed by atoms with Crippen LogP contribution in [0.15, 0.2) is 18.5 Å². The monoisotopic (exact) mass is 284 g/mol. The van der Waals surface area contributed by atoms with Crippen molar-refractivity contribution in [1.82, 2.24) is 9.97 Å². The lowest BCUT2D eigenvalue weighted by molar-refractivity contribution is -0.383. The van der Waals surface area contributed by atoms with Crippen LogP contribution in [-0.2, 0) is 0 Å². The van der Waals surface area contributed by atoms with Gasteiger partial charge in [0.15, 0.2) is 23.1 Å². The van der Waals surface area contributed by atoms with E-state index in [1.54, 1.807) is 0 Å². The summed E-state index contributed by atoms with van der Waals surface area (Å²) < 4.78 is 39.3. The molecule has 0 saturated carbocycles. The average molecular weight is 284 g/mol. The fourth-order valence-corrected chi connectivity index (χ4v) is 1.64. The molecule has 0 atom stereocenters. The molecule has 0 spiro atoms. The number of nitrogens with one attached hydrogen (secondary N) is 1. The Bertz CT molecular complexity index is 670. The van der Waals surface area contributed by atoms with Crippen LogP contribution in [0, 0.1) is 27.6 Å². The van der Waals surface area contributed by atoms with Crippen LogP contribution in [0.3, 0.4) is 0 Å². The Morgan fingerprint density at radius 2 is 1.80 bits per heavy atom. The third kappa shape index (κ3) is 2.25. The lowest BCUT2D eigenvalue weighted by atomic mass is 10.1. The van der Waals surface area contributed by atoms with Crippen LogP contribution in [0.1, 0.15) is 0 Å². The van der Waals surface area contributed by atoms with E-state index in [9.17, 15) is 23.3 Å². The smallest absolute Gasteiger partial charge is 0.337 e. The zero-order valence-electron chi connectivity index (χ0n) is 10.0. The van der Waals surface area contributed by atoms with Crippen molar-refractivity contribution in [3.63, 3.8) is 0 Å². The summed E-state index contributed by atoms with van der Waals surface area (Å²) in [5.41, 5.74) is -1.13. The third-order valence-electron chi connectivity index (χ3n) is 2.50. The van der Waals surface area contributed by atoms with E-state index in [0.717, 1.165) is 6.33 Å². The molecule has 20 heavy (non-hydrogen) atoms. The Morgan fingerprint density at radius 1 is 1.20 bits per heavy atom. The molecule has 0 saturated heterocycles. The van der Waals surface area contributed by atoms with Gasteiger partial charge in [0, 0.05) is 12.6 Å². The van der Waals surface area contributed by atoms with Crippen molar-refractivity contribution in [2.75, 3.05) is 12.4 Å². The summed E-state index contributed by atoms with van der Waals surface area (Å²) in [4.78, 5) is 17.5. The maximum Gasteiger partial charge on any atom is 0.337 e. The number of anilines is 1. The summed E-state index contributed by atoms with van der Waals surface area (Å²) in [6.07, 6.45) is 0.993. The van der Waals surface area contributed by atoms with Gasteiger partial charge in [-0.3, -0.25) is 10.1 Å². The van der Waals surface area contributed by atoms with Crippen LogP contribution in [0.2, 0.25) is 0 Å². The van der Waals surface area contributed by atoms with Crippen molar-refractivity contribution in [3.05, 3.63) is 46.0 Å². The number of rotatable bonds is 3. The average Bonchev–Trinajstić information content (AvgIpc) is 2.43. The van der Waals surface area contributed by atoms with Gasteiger partial charge in [0.05, 0.1) is 4.92 Å². The maximum absolute atomic E-state index is 13.2. The van der Waals surface area contributed by atoms with Gasteiger partial charge in [-0.2, -0.15) is 0 Å². The minimum absolute atomic E-state index is 0.120. The minimum atomic E-state index is -1.65. The molecular formula is C11H7F3N4O2. The van der Waals surface area contributed by atoms with E-state index < -0.39 is 28.1 Å². The first-order valence-corrected chi connectivity index (χ1v) is 5.27. The zero-order valence-corrected chi connectivity index (χ0v) is 10.0. The number of hydrogen-bond acceptors (Lipinski definition) is 5. The van der Waals surface area contributed by atoms with Gasteiger partial charge >= 0.3 is 5.69 Å². The molecule has 0 aliphatic heterocycles. The predicted molar refractivity (Wildman–Crippen MR) is 63.5 cm³/mol. The van der Waals surface area contributed by atoms with Gasteiger partial charge in [-0.05, 0) is 12.1 Å². The molecule has 0 radical (unpaired) electrons. The van der Waals surface area contributed by atoms with Crippen LogP contribution < -0.4 is 5.32 Å². The lowest BCUT2D eigenvalue weighted by Crippen LogP contribution is -2.03. The number of nitro groups is 1. The maximum atomic E-state index is 13.2. The summed E-state index contributed by atoms with van der Waals surface area (Å²) >= 11 is 0. The van der Waals surface area contributed by atoms with Crippen molar-refractivity contribution in [3.8, 4) is 11.3 Å². The molecule has 0 bridgehead atoms. The van der Waals surface area contributed by atoms with Crippen molar-refractivity contribution in [2.24, 2.45) is 0 Å². The highest BCUT2D eigenvalue weighted by Gasteiger charge is 2.25. The Hall–Kier alpha value is -2.71. The summed E-state index contributed by atoms with van der Waals surface area (Å²) in [6, 6.07) is 1.26. The first-order valence-electron chi connectivity index (χ1n) is 5.27. The molecule has 2 aromatic rings. The summed E-state index contributed by atoms with van der Waals surface area (Å²) in [7, 11) is 1.39. The van der Waals surface area contributed by atoms with E-state index in [0.29, 0.717) is 12.1 Å². The second kappa shape index (κ2) is 5.11. The predicted octanol–water partition coefficient (Wildman–Crippen LogP) is 2.51. The second-order valence-corrected chi connectivity index (χ2v) is 3.68. The normalized spacial score (nSPS) is 10.4. The van der Waals surface area contributed by atoms with Gasteiger partial charge in [0.1, 0.15) is 6.33 Å². The molecule has 0 aliphatic carbocycles. The summed E-state index contributed by atoms with van der Waals surface area (Å²) in [5, 5.41) is 13.5. The zero-order chi connectivity index (χ0) is 14.9. The highest BCUT2D eigenvalue weighted by Crippen LogP contribution is 2.33. The molecule has 0 unspecified atom stereocenters. The van der Waals surface area contributed by atoms with E-state index in [2.05, 4.69) is 15.3 Å². The van der Waals surface area contributed by atoms with Crippen LogP contribution in [0.25, 0.3) is 11.3 Å². The van der Waals surface area contributed by atoms with Crippen molar-refractivity contribution < 1.29 is 18.1 Å². The van der Waals surface area contributed by atoms with Crippen LogP contribution >= 0.6 is 0 Å². The second-order valence-electron chi connectivity index (χ2n) is 3.68. The fraction of sp³-hybridized carbons (Fsp3) is 0.0909. The highest BCUT2D eigenvalue weighted by atomic mass is 19.2. The number of hydrogen-bond donors (Lipinski definition) is 1. The standard InChI is InChI=1S/C11H7F3N4O2/c1-15-11-10(18(19)20)9(16-4-17-11)5-2-6(12)8(14)7(13)3-5/h2-4H,1H3,(H,15,16,17). The third-order valence-corrected chi connectivity index (χ3v) is 2.50. The molecule has 1 heterocycles. The molecule has 1 N–H and O–H groups in total. The van der Waals surface area contributed by atoms with Crippen LogP contribution in [0.5, 0.6) is 0 Å². The number of aromatic nitrogens is 2. The summed E-state index contributed by atoms with van der Waals surface area (Å²) in [5.74, 6) is -4.69. The van der Waals surface area contributed by atoms with E-state index in [4.69, 9.17) is 0 Å². The number of nitrogens with zero attached hydrogens (tertiary/aromatic N) is 3. The fourth-order valence-electron chi connectivity index (χ4n) is 1.64. The molecule has 0 amide bonds. The van der Waals surface area contributed by atoms with E-state index in [-0.39, 0.29) is 17.1 Å². The van der Waals surface area contributed by atoms with E-state index >= 15 is 0 Å². The molecule has 0 aliphatic rings. The SMILES string of the molecule is CNc1ncnc(-c2cc(F)c(F)c(F)c2)c1[N+](=O)[O-]. The first kappa shape index (κ1) is 13.7. The van der Waals surface area contributed by atoms with Gasteiger partial charge in [0.25, 0.3) is 0 Å². The van der Waals surface area contributed by atoms with Gasteiger partial charge in [0.2, 0.25) is 5.82 Å². The quantitative estimate of drug-likeness (QED) is 0.532. The molecular weight excluding hydrogens is 277 g/mol. The van der Waals surface area contributed by atoms with Crippen molar-refractivity contribution >= 4 is 11.5 Å². The first-order chi connectivity index (χ1) is 9.45. The molecule has 6 nitrogen and oxygen atoms in total. The van der Waals surface area contributed by atoms with Gasteiger partial charge in [-0.1, -0.05) is 0 Å². The van der Waals surface area contributed by atoms with Crippen molar-refractivity contribution in [1.29, 1.82) is 0 Å². The van der Waals surface area contributed by atoms with Crippen LogP contribution in [-0.4, -0.2) is 21.9 Å². The number of benzene rings is 1. The van der Waals surface area contributed by atoms with Crippen LogP contribution in [0.4, 0.5) is 24.7 Å². The van der Waals surface area contributed by atoms with E-state index in [1.807, 2.05) is 0 Å². The Kier molecular flexibility index (Phi) is 3.51. The van der Waals surface area contributed by atoms with Crippen molar-refractivity contribution in [2.45, 2.75) is 0 Å². The Labute approximate surface area is 110 Å². The van der Waals surface area contributed by atoms with E-state index in [1.165, 1.54) is 7.05 Å². The largest absolute Gasteiger partial charge is 0.367 e. The van der Waals surface area contributed by atoms with Gasteiger partial charge < -0.3 is 5.32 Å². The highest BCUT2D eigenvalue weighted by molar-refractivity contribution is 5.76. The summed E-state index contributed by atoms with van der Waals surface area (Å²) in [6.45, 7) is 0. The molecule has 1 aromatic carbocycles. The molecule has 2 rings (SSSR count).